The highest BCUT2D eigenvalue weighted by molar-refractivity contribution is 5.84. The van der Waals surface area contributed by atoms with Crippen molar-refractivity contribution in [3.05, 3.63) is 53.3 Å². The van der Waals surface area contributed by atoms with E-state index in [1.54, 1.807) is 11.1 Å². The summed E-state index contributed by atoms with van der Waals surface area (Å²) in [6.45, 7) is 0.0544. The van der Waals surface area contributed by atoms with E-state index in [2.05, 4.69) is 10.2 Å². The summed E-state index contributed by atoms with van der Waals surface area (Å²) in [7, 11) is 1.84. The highest BCUT2D eigenvalue weighted by Crippen LogP contribution is 2.34. The molecular weight excluding hydrogens is 290 g/mol. The summed E-state index contributed by atoms with van der Waals surface area (Å²) < 4.78 is 0. The van der Waals surface area contributed by atoms with Gasteiger partial charge in [-0.2, -0.15) is 5.10 Å². The number of hydrogen-bond donors (Lipinski definition) is 2. The van der Waals surface area contributed by atoms with Crippen molar-refractivity contribution in [1.82, 2.24) is 15.1 Å². The molecule has 0 radical (unpaired) electrons. The van der Waals surface area contributed by atoms with E-state index < -0.39 is 0 Å². The van der Waals surface area contributed by atoms with Gasteiger partial charge >= 0.3 is 0 Å². The number of nitrogens with zero attached hydrogens (tertiary/aromatic N) is 2. The molecule has 1 aliphatic rings. The van der Waals surface area contributed by atoms with Crippen LogP contribution in [-0.4, -0.2) is 39.8 Å². The normalized spacial score (nSPS) is 18.3. The van der Waals surface area contributed by atoms with Gasteiger partial charge in [0.15, 0.2) is 0 Å². The fourth-order valence-corrected chi connectivity index (χ4v) is 3.50. The lowest BCUT2D eigenvalue weighted by Crippen LogP contribution is -2.36. The maximum atomic E-state index is 13.1. The number of aliphatic hydroxyl groups is 1. The van der Waals surface area contributed by atoms with Crippen molar-refractivity contribution in [1.29, 1.82) is 0 Å². The standard InChI is InChI=1S/C18H23N3O2/c1-21(17(10-11-22)13-6-3-2-4-7-13)18(23)14-8-5-9-16-15(14)12-19-20-16/h2-4,6-7,12,14,17,22H,5,8-11H2,1H3,(H,19,20). The number of aryl methyl sites for hydroxylation is 1. The highest BCUT2D eigenvalue weighted by atomic mass is 16.3. The van der Waals surface area contributed by atoms with Crippen LogP contribution in [0.15, 0.2) is 36.5 Å². The molecule has 1 amide bonds. The summed E-state index contributed by atoms with van der Waals surface area (Å²) >= 11 is 0. The maximum absolute atomic E-state index is 13.1. The molecule has 2 unspecified atom stereocenters. The Bertz CT molecular complexity index is 653. The number of aromatic amines is 1. The molecule has 23 heavy (non-hydrogen) atoms. The topological polar surface area (TPSA) is 69.2 Å². The first-order valence-corrected chi connectivity index (χ1v) is 8.17. The zero-order chi connectivity index (χ0) is 16.2. The number of hydrogen-bond acceptors (Lipinski definition) is 3. The lowest BCUT2D eigenvalue weighted by atomic mass is 9.85. The third-order valence-corrected chi connectivity index (χ3v) is 4.75. The molecule has 2 aromatic rings. The van der Waals surface area contributed by atoms with Gasteiger partial charge in [0, 0.05) is 24.9 Å². The van der Waals surface area contributed by atoms with E-state index in [9.17, 15) is 9.90 Å². The van der Waals surface area contributed by atoms with Crippen LogP contribution in [0, 0.1) is 0 Å². The number of benzene rings is 1. The second-order valence-corrected chi connectivity index (χ2v) is 6.14. The molecule has 0 aliphatic heterocycles. The van der Waals surface area contributed by atoms with Gasteiger partial charge in [-0.05, 0) is 31.2 Å². The van der Waals surface area contributed by atoms with Crippen molar-refractivity contribution in [2.24, 2.45) is 0 Å². The van der Waals surface area contributed by atoms with Crippen LogP contribution >= 0.6 is 0 Å². The van der Waals surface area contributed by atoms with Crippen molar-refractivity contribution < 1.29 is 9.90 Å². The van der Waals surface area contributed by atoms with E-state index in [0.717, 1.165) is 36.1 Å². The smallest absolute Gasteiger partial charge is 0.230 e. The van der Waals surface area contributed by atoms with Crippen molar-refractivity contribution in [3.63, 3.8) is 0 Å². The number of H-pyrrole nitrogens is 1. The summed E-state index contributed by atoms with van der Waals surface area (Å²) in [4.78, 5) is 14.8. The van der Waals surface area contributed by atoms with E-state index in [1.807, 2.05) is 37.4 Å². The number of nitrogens with one attached hydrogen (secondary N) is 1. The van der Waals surface area contributed by atoms with Crippen LogP contribution in [0.2, 0.25) is 0 Å². The van der Waals surface area contributed by atoms with Gasteiger partial charge in [-0.25, -0.2) is 0 Å². The van der Waals surface area contributed by atoms with E-state index in [-0.39, 0.29) is 24.5 Å². The van der Waals surface area contributed by atoms with Gasteiger partial charge in [-0.1, -0.05) is 30.3 Å². The molecule has 0 spiro atoms. The average molecular weight is 313 g/mol. The minimum absolute atomic E-state index is 0.0544. The third-order valence-electron chi connectivity index (χ3n) is 4.75. The maximum Gasteiger partial charge on any atom is 0.230 e. The lowest BCUT2D eigenvalue weighted by molar-refractivity contribution is -0.134. The Hall–Kier alpha value is -2.14. The Kier molecular flexibility index (Phi) is 4.76. The molecule has 122 valence electrons. The number of likely N-dealkylation sites (N-methyl/N-ethyl adjacent to an activating group) is 1. The van der Waals surface area contributed by atoms with Crippen LogP contribution in [0.4, 0.5) is 0 Å². The third kappa shape index (κ3) is 3.15. The lowest BCUT2D eigenvalue weighted by Gasteiger charge is -2.32. The molecule has 5 heteroatoms. The van der Waals surface area contributed by atoms with Gasteiger partial charge in [0.1, 0.15) is 0 Å². The van der Waals surface area contributed by atoms with Crippen LogP contribution in [0.5, 0.6) is 0 Å². The van der Waals surface area contributed by atoms with Gasteiger partial charge in [0.05, 0.1) is 18.2 Å². The van der Waals surface area contributed by atoms with E-state index >= 15 is 0 Å². The molecule has 1 aliphatic carbocycles. The first kappa shape index (κ1) is 15.7. The number of carbonyl (C=O) groups is 1. The van der Waals surface area contributed by atoms with Gasteiger partial charge in [-0.3, -0.25) is 9.89 Å². The Labute approximate surface area is 136 Å². The van der Waals surface area contributed by atoms with Gasteiger partial charge < -0.3 is 10.0 Å². The summed E-state index contributed by atoms with van der Waals surface area (Å²) in [5.74, 6) is -0.0259. The quantitative estimate of drug-likeness (QED) is 0.890. The second-order valence-electron chi connectivity index (χ2n) is 6.14. The minimum atomic E-state index is -0.132. The molecular formula is C18H23N3O2. The van der Waals surface area contributed by atoms with E-state index in [4.69, 9.17) is 0 Å². The summed E-state index contributed by atoms with van der Waals surface area (Å²) in [6.07, 6.45) is 5.14. The zero-order valence-electron chi connectivity index (χ0n) is 13.4. The summed E-state index contributed by atoms with van der Waals surface area (Å²) in [5.41, 5.74) is 3.17. The molecule has 1 heterocycles. The monoisotopic (exact) mass is 313 g/mol. The Morgan fingerprint density at radius 3 is 2.96 bits per heavy atom. The largest absolute Gasteiger partial charge is 0.396 e. The predicted molar refractivity (Wildman–Crippen MR) is 87.9 cm³/mol. The van der Waals surface area contributed by atoms with Gasteiger partial charge in [0.25, 0.3) is 0 Å². The molecule has 1 aromatic heterocycles. The molecule has 1 aromatic carbocycles. The van der Waals surface area contributed by atoms with E-state index in [0.29, 0.717) is 6.42 Å². The second kappa shape index (κ2) is 6.96. The first-order valence-electron chi connectivity index (χ1n) is 8.17. The average Bonchev–Trinajstić information content (AvgIpc) is 3.08. The molecule has 3 rings (SSSR count). The predicted octanol–water partition coefficient (Wildman–Crippen LogP) is 2.41. The summed E-state index contributed by atoms with van der Waals surface area (Å²) in [5, 5.41) is 16.5. The first-order chi connectivity index (χ1) is 11.2. The Morgan fingerprint density at radius 1 is 1.43 bits per heavy atom. The zero-order valence-corrected chi connectivity index (χ0v) is 13.4. The van der Waals surface area contributed by atoms with Crippen LogP contribution < -0.4 is 0 Å². The fraction of sp³-hybridized carbons (Fsp3) is 0.444. The van der Waals surface area contributed by atoms with Crippen LogP contribution in [-0.2, 0) is 11.2 Å². The summed E-state index contributed by atoms with van der Waals surface area (Å²) in [6, 6.07) is 9.80. The Balaban J connectivity index is 1.84. The number of rotatable bonds is 5. The van der Waals surface area contributed by atoms with Crippen LogP contribution in [0.3, 0.4) is 0 Å². The SMILES string of the molecule is CN(C(=O)C1CCCc2[nH]ncc21)C(CCO)c1ccccc1. The molecule has 5 nitrogen and oxygen atoms in total. The molecule has 2 atom stereocenters. The molecule has 0 saturated heterocycles. The van der Waals surface area contributed by atoms with Crippen LogP contribution in [0.1, 0.15) is 48.0 Å². The minimum Gasteiger partial charge on any atom is -0.396 e. The number of aromatic nitrogens is 2. The van der Waals surface area contributed by atoms with Crippen molar-refractivity contribution in [3.8, 4) is 0 Å². The number of aliphatic hydroxyl groups excluding tert-OH is 1. The van der Waals surface area contributed by atoms with Crippen molar-refractivity contribution in [2.75, 3.05) is 13.7 Å². The van der Waals surface area contributed by atoms with Crippen molar-refractivity contribution in [2.45, 2.75) is 37.6 Å². The van der Waals surface area contributed by atoms with E-state index in [1.165, 1.54) is 0 Å². The van der Waals surface area contributed by atoms with Gasteiger partial charge in [0.2, 0.25) is 5.91 Å². The Morgan fingerprint density at radius 2 is 2.22 bits per heavy atom. The van der Waals surface area contributed by atoms with Crippen molar-refractivity contribution >= 4 is 5.91 Å². The number of amides is 1. The molecule has 0 bridgehead atoms. The number of carbonyl (C=O) groups excluding carboxylic acids is 1. The van der Waals surface area contributed by atoms with Gasteiger partial charge in [-0.15, -0.1) is 0 Å². The molecule has 2 N–H and O–H groups in total. The fourth-order valence-electron chi connectivity index (χ4n) is 3.50. The molecule has 0 saturated carbocycles. The highest BCUT2D eigenvalue weighted by Gasteiger charge is 2.32. The van der Waals surface area contributed by atoms with Crippen LogP contribution in [0.25, 0.3) is 0 Å². The molecule has 0 fully saturated rings. The number of fused-ring (bicyclic) bond motifs is 1.